The Morgan fingerprint density at radius 3 is 2.43 bits per heavy atom. The minimum atomic E-state index is -4.95. The maximum absolute atomic E-state index is 12.7. The van der Waals surface area contributed by atoms with Crippen molar-refractivity contribution >= 4 is 11.6 Å². The molecule has 7 nitrogen and oxygen atoms in total. The van der Waals surface area contributed by atoms with Crippen molar-refractivity contribution in [2.45, 2.75) is 33.5 Å². The Morgan fingerprint density at radius 1 is 1.48 bits per heavy atom. The van der Waals surface area contributed by atoms with E-state index < -0.39 is 34.9 Å². The lowest BCUT2D eigenvalue weighted by atomic mass is 10.2. The van der Waals surface area contributed by atoms with Gasteiger partial charge in [0.25, 0.3) is 0 Å². The molecule has 0 radical (unpaired) electrons. The van der Waals surface area contributed by atoms with Crippen LogP contribution in [0.5, 0.6) is 0 Å². The SMILES string of the molecule is Cc1c([N+](=O)[O-])c(C(F)(F)F)nn1CC(=O)NCC(C)C. The Morgan fingerprint density at radius 2 is 2.05 bits per heavy atom. The van der Waals surface area contributed by atoms with Crippen molar-refractivity contribution in [3.8, 4) is 0 Å². The molecule has 1 N–H and O–H groups in total. The molecule has 1 amide bonds. The largest absolute Gasteiger partial charge is 0.442 e. The molecule has 0 unspecified atom stereocenters. The smallest absolute Gasteiger partial charge is 0.354 e. The highest BCUT2D eigenvalue weighted by atomic mass is 19.4. The normalized spacial score (nSPS) is 11.8. The third-order valence-corrected chi connectivity index (χ3v) is 2.63. The van der Waals surface area contributed by atoms with Gasteiger partial charge >= 0.3 is 11.9 Å². The number of halogens is 3. The molecule has 0 aromatic carbocycles. The monoisotopic (exact) mass is 308 g/mol. The highest BCUT2D eigenvalue weighted by Gasteiger charge is 2.44. The van der Waals surface area contributed by atoms with Crippen LogP contribution in [0.15, 0.2) is 0 Å². The minimum Gasteiger partial charge on any atom is -0.354 e. The summed E-state index contributed by atoms with van der Waals surface area (Å²) in [6.07, 6.45) is -4.95. The molecule has 1 rings (SSSR count). The molecule has 118 valence electrons. The van der Waals surface area contributed by atoms with E-state index in [1.807, 2.05) is 13.8 Å². The molecule has 1 aromatic heterocycles. The lowest BCUT2D eigenvalue weighted by Gasteiger charge is -2.08. The second-order valence-electron chi connectivity index (χ2n) is 4.89. The molecular weight excluding hydrogens is 293 g/mol. The van der Waals surface area contributed by atoms with E-state index in [9.17, 15) is 28.1 Å². The van der Waals surface area contributed by atoms with E-state index in [2.05, 4.69) is 10.4 Å². The molecule has 0 saturated heterocycles. The van der Waals surface area contributed by atoms with Crippen LogP contribution in [0.25, 0.3) is 0 Å². The van der Waals surface area contributed by atoms with Gasteiger partial charge in [0.15, 0.2) is 0 Å². The number of alkyl halides is 3. The van der Waals surface area contributed by atoms with Crippen LogP contribution >= 0.6 is 0 Å². The number of aromatic nitrogens is 2. The van der Waals surface area contributed by atoms with Crippen LogP contribution in [0.1, 0.15) is 25.2 Å². The van der Waals surface area contributed by atoms with Gasteiger partial charge in [0.2, 0.25) is 11.6 Å². The van der Waals surface area contributed by atoms with Gasteiger partial charge in [-0.1, -0.05) is 13.8 Å². The fraction of sp³-hybridized carbons (Fsp3) is 0.636. The topological polar surface area (TPSA) is 90.1 Å². The lowest BCUT2D eigenvalue weighted by Crippen LogP contribution is -2.31. The molecular formula is C11H15F3N4O3. The standard InChI is InChI=1S/C11H15F3N4O3/c1-6(2)4-15-8(19)5-17-7(3)9(18(20)21)10(16-17)11(12,13)14/h6H,4-5H2,1-3H3,(H,15,19). The van der Waals surface area contributed by atoms with Gasteiger partial charge in [0, 0.05) is 6.54 Å². The number of nitrogens with zero attached hydrogens (tertiary/aromatic N) is 3. The summed E-state index contributed by atoms with van der Waals surface area (Å²) in [7, 11) is 0. The summed E-state index contributed by atoms with van der Waals surface area (Å²) in [5.74, 6) is -0.384. The molecule has 21 heavy (non-hydrogen) atoms. The molecule has 0 aliphatic rings. The summed E-state index contributed by atoms with van der Waals surface area (Å²) in [4.78, 5) is 21.2. The van der Waals surface area contributed by atoms with E-state index in [0.717, 1.165) is 6.92 Å². The molecule has 0 saturated carbocycles. The molecule has 0 bridgehead atoms. The predicted molar refractivity (Wildman–Crippen MR) is 66.5 cm³/mol. The first-order valence-corrected chi connectivity index (χ1v) is 6.09. The Hall–Kier alpha value is -2.13. The van der Waals surface area contributed by atoms with Crippen LogP contribution in [-0.4, -0.2) is 27.2 Å². The van der Waals surface area contributed by atoms with E-state index in [0.29, 0.717) is 11.2 Å². The second kappa shape index (κ2) is 6.10. The van der Waals surface area contributed by atoms with E-state index in [4.69, 9.17) is 0 Å². The van der Waals surface area contributed by atoms with Crippen molar-refractivity contribution in [1.29, 1.82) is 0 Å². The van der Waals surface area contributed by atoms with Crippen molar-refractivity contribution in [1.82, 2.24) is 15.1 Å². The van der Waals surface area contributed by atoms with Crippen LogP contribution in [0, 0.1) is 23.0 Å². The van der Waals surface area contributed by atoms with Gasteiger partial charge in [-0.15, -0.1) is 0 Å². The van der Waals surface area contributed by atoms with Crippen LogP contribution in [0.3, 0.4) is 0 Å². The predicted octanol–water partition coefficient (Wildman–Crippen LogP) is 1.89. The molecule has 0 aliphatic carbocycles. The number of carbonyl (C=O) groups is 1. The Bertz CT molecular complexity index is 552. The number of amides is 1. The summed E-state index contributed by atoms with van der Waals surface area (Å²) in [5, 5.41) is 16.4. The fourth-order valence-electron chi connectivity index (χ4n) is 1.61. The van der Waals surface area contributed by atoms with Crippen LogP contribution in [0.2, 0.25) is 0 Å². The van der Waals surface area contributed by atoms with Gasteiger partial charge in [0.1, 0.15) is 12.2 Å². The van der Waals surface area contributed by atoms with Gasteiger partial charge < -0.3 is 5.32 Å². The fourth-order valence-corrected chi connectivity index (χ4v) is 1.61. The van der Waals surface area contributed by atoms with Gasteiger partial charge in [-0.2, -0.15) is 18.3 Å². The molecule has 0 spiro atoms. The number of hydrogen-bond donors (Lipinski definition) is 1. The van der Waals surface area contributed by atoms with Crippen LogP contribution in [-0.2, 0) is 17.5 Å². The average Bonchev–Trinajstić information content (AvgIpc) is 2.64. The Balaban J connectivity index is 3.05. The third-order valence-electron chi connectivity index (χ3n) is 2.63. The summed E-state index contributed by atoms with van der Waals surface area (Å²) in [6.45, 7) is 4.68. The number of nitrogens with one attached hydrogen (secondary N) is 1. The van der Waals surface area contributed by atoms with Crippen LogP contribution < -0.4 is 5.32 Å². The van der Waals surface area contributed by atoms with E-state index in [-0.39, 0.29) is 11.6 Å². The maximum Gasteiger partial charge on any atom is 0.442 e. The Kier molecular flexibility index (Phi) is 4.92. The first-order valence-electron chi connectivity index (χ1n) is 6.09. The summed E-state index contributed by atoms with van der Waals surface area (Å²) >= 11 is 0. The van der Waals surface area contributed by atoms with Crippen molar-refractivity contribution in [3.05, 3.63) is 21.5 Å². The van der Waals surface area contributed by atoms with Gasteiger partial charge in [-0.05, 0) is 12.8 Å². The minimum absolute atomic E-state index is 0.174. The summed E-state index contributed by atoms with van der Waals surface area (Å²) < 4.78 is 38.8. The zero-order chi connectivity index (χ0) is 16.4. The summed E-state index contributed by atoms with van der Waals surface area (Å²) in [5.41, 5.74) is -3.03. The molecule has 0 atom stereocenters. The third kappa shape index (κ3) is 4.17. The first-order chi connectivity index (χ1) is 9.54. The molecule has 10 heteroatoms. The zero-order valence-electron chi connectivity index (χ0n) is 11.7. The van der Waals surface area contributed by atoms with Crippen molar-refractivity contribution < 1.29 is 22.9 Å². The zero-order valence-corrected chi connectivity index (χ0v) is 11.7. The van der Waals surface area contributed by atoms with Crippen molar-refractivity contribution in [2.75, 3.05) is 6.54 Å². The quantitative estimate of drug-likeness (QED) is 0.664. The highest BCUT2D eigenvalue weighted by Crippen LogP contribution is 2.36. The molecule has 0 fully saturated rings. The number of carbonyl (C=O) groups excluding carboxylic acids is 1. The van der Waals surface area contributed by atoms with Crippen LogP contribution in [0.4, 0.5) is 18.9 Å². The highest BCUT2D eigenvalue weighted by molar-refractivity contribution is 5.75. The maximum atomic E-state index is 12.7. The number of hydrogen-bond acceptors (Lipinski definition) is 4. The number of nitro groups is 1. The molecule has 1 heterocycles. The van der Waals surface area contributed by atoms with Gasteiger partial charge in [-0.25, -0.2) is 0 Å². The van der Waals surface area contributed by atoms with E-state index in [1.165, 1.54) is 0 Å². The first kappa shape index (κ1) is 16.9. The summed E-state index contributed by atoms with van der Waals surface area (Å²) in [6, 6.07) is 0. The lowest BCUT2D eigenvalue weighted by molar-refractivity contribution is -0.388. The Labute approximate surface area is 118 Å². The van der Waals surface area contributed by atoms with Crippen molar-refractivity contribution in [3.63, 3.8) is 0 Å². The molecule has 0 aliphatic heterocycles. The van der Waals surface area contributed by atoms with Crippen molar-refractivity contribution in [2.24, 2.45) is 5.92 Å². The van der Waals surface area contributed by atoms with Gasteiger partial charge in [-0.3, -0.25) is 19.6 Å². The van der Waals surface area contributed by atoms with E-state index >= 15 is 0 Å². The second-order valence-corrected chi connectivity index (χ2v) is 4.89. The van der Waals surface area contributed by atoms with Gasteiger partial charge in [0.05, 0.1) is 4.92 Å². The molecule has 1 aromatic rings. The number of rotatable bonds is 5. The average molecular weight is 308 g/mol. The van der Waals surface area contributed by atoms with E-state index in [1.54, 1.807) is 0 Å².